The van der Waals surface area contributed by atoms with Gasteiger partial charge in [0.2, 0.25) is 35.4 Å². The van der Waals surface area contributed by atoms with Crippen molar-refractivity contribution in [2.24, 2.45) is 28.7 Å². The summed E-state index contributed by atoms with van der Waals surface area (Å²) in [5.41, 5.74) is 28.9. The maximum Gasteiger partial charge on any atom is 0.242 e. The van der Waals surface area contributed by atoms with Gasteiger partial charge in [0.05, 0.1) is 131 Å². The van der Waals surface area contributed by atoms with Crippen molar-refractivity contribution < 1.29 is 80.9 Å². The maximum atomic E-state index is 12.9. The van der Waals surface area contributed by atoms with Gasteiger partial charge >= 0.3 is 0 Å². The highest BCUT2D eigenvalue weighted by molar-refractivity contribution is 5.90. The van der Waals surface area contributed by atoms with E-state index in [4.69, 9.17) is 80.8 Å². The Labute approximate surface area is 531 Å². The summed E-state index contributed by atoms with van der Waals surface area (Å²) in [6.07, 6.45) is 11.4. The Morgan fingerprint density at radius 1 is 0.303 bits per heavy atom. The second-order valence-electron chi connectivity index (χ2n) is 21.0. The molecule has 0 fully saturated rings. The van der Waals surface area contributed by atoms with Gasteiger partial charge < -0.3 is 118 Å². The molecule has 4 atom stereocenters. The molecule has 6 amide bonds. The monoisotopic (exact) mass is 1280 g/mol. The third kappa shape index (κ3) is 58.9. The summed E-state index contributed by atoms with van der Waals surface area (Å²) in [7, 11) is 0. The van der Waals surface area contributed by atoms with Crippen LogP contribution in [0.4, 0.5) is 0 Å². The van der Waals surface area contributed by atoms with Gasteiger partial charge in [0, 0.05) is 65.4 Å². The summed E-state index contributed by atoms with van der Waals surface area (Å²) in [6.45, 7) is 16.2. The van der Waals surface area contributed by atoms with Crippen LogP contribution >= 0.6 is 0 Å². The standard InChI is InChI=1S/C60H122N12O17/c1-2-66-24-10-6-16-52(65)58(76)72-54(18-5-9-23-63)60(78)70-28-14-32-82-38-44-86-42-36-80-30-12-26-68-56(74)20-34-84-40-46-88-48-50-89-49-47-87-45-39-83-33-19-55(73)67-25-11-29-79-35-41-85-43-37-81-31-13-27-69-59(77)53(17-4-8-22-62)71-57(75)51(64)15-3-7-21-61/h51-54,66H,2-50,61-65H2,1H3,(H,67,73)(H,68,74)(H,69,77)(H,70,78)(H,71,75)(H,72,76). The van der Waals surface area contributed by atoms with Crippen molar-refractivity contribution in [3.8, 4) is 0 Å². The Kier molecular flexibility index (Phi) is 64.1. The van der Waals surface area contributed by atoms with Crippen molar-refractivity contribution in [2.75, 3.05) is 204 Å². The van der Waals surface area contributed by atoms with Gasteiger partial charge in [-0.25, -0.2) is 0 Å². The molecule has 0 aliphatic rings. The second-order valence-corrected chi connectivity index (χ2v) is 21.0. The normalized spacial score (nSPS) is 12.7. The lowest BCUT2D eigenvalue weighted by Gasteiger charge is -2.21. The van der Waals surface area contributed by atoms with Crippen LogP contribution in [-0.2, 0) is 80.9 Å². The molecule has 17 N–H and O–H groups in total. The van der Waals surface area contributed by atoms with E-state index in [2.05, 4.69) is 37.2 Å². The first-order chi connectivity index (χ1) is 43.5. The molecule has 524 valence electrons. The summed E-state index contributed by atoms with van der Waals surface area (Å²) >= 11 is 0. The van der Waals surface area contributed by atoms with E-state index in [-0.39, 0.29) is 48.3 Å². The molecule has 29 heteroatoms. The van der Waals surface area contributed by atoms with Gasteiger partial charge in [-0.3, -0.25) is 28.8 Å². The summed E-state index contributed by atoms with van der Waals surface area (Å²) < 4.78 is 61.0. The molecule has 29 nitrogen and oxygen atoms in total. The predicted octanol–water partition coefficient (Wildman–Crippen LogP) is -1.23. The lowest BCUT2D eigenvalue weighted by atomic mass is 10.1. The van der Waals surface area contributed by atoms with E-state index in [1.165, 1.54) is 0 Å². The fourth-order valence-corrected chi connectivity index (χ4v) is 8.04. The van der Waals surface area contributed by atoms with E-state index in [1.54, 1.807) is 0 Å². The topological polar surface area (TPSA) is 418 Å². The molecule has 0 aliphatic heterocycles. The minimum absolute atomic E-state index is 0.0936. The Balaban J connectivity index is 3.55. The van der Waals surface area contributed by atoms with E-state index in [0.717, 1.165) is 58.0 Å². The van der Waals surface area contributed by atoms with Crippen LogP contribution in [0, 0.1) is 0 Å². The number of nitrogens with one attached hydrogen (secondary N) is 7. The van der Waals surface area contributed by atoms with Crippen LogP contribution in [0.15, 0.2) is 0 Å². The first kappa shape index (κ1) is 85.1. The number of carbonyl (C=O) groups excluding carboxylic acids is 6. The predicted molar refractivity (Wildman–Crippen MR) is 340 cm³/mol. The third-order valence-corrected chi connectivity index (χ3v) is 13.2. The summed E-state index contributed by atoms with van der Waals surface area (Å²) in [5.74, 6) is -1.32. The van der Waals surface area contributed by atoms with E-state index >= 15 is 0 Å². The Morgan fingerprint density at radius 3 is 0.876 bits per heavy atom. The highest BCUT2D eigenvalue weighted by Crippen LogP contribution is 2.06. The molecule has 0 aromatic heterocycles. The Hall–Kier alpha value is -3.86. The molecule has 4 unspecified atom stereocenters. The molecule has 0 spiro atoms. The quantitative estimate of drug-likeness (QED) is 0.0317. The molecule has 0 saturated carbocycles. The molecule has 0 radical (unpaired) electrons. The van der Waals surface area contributed by atoms with Gasteiger partial charge in [-0.1, -0.05) is 19.8 Å². The van der Waals surface area contributed by atoms with Crippen LogP contribution in [-0.4, -0.2) is 264 Å². The first-order valence-corrected chi connectivity index (χ1v) is 32.9. The van der Waals surface area contributed by atoms with Gasteiger partial charge in [-0.15, -0.1) is 0 Å². The third-order valence-electron chi connectivity index (χ3n) is 13.2. The highest BCUT2D eigenvalue weighted by Gasteiger charge is 2.25. The Bertz CT molecular complexity index is 1660. The molecular formula is C60H122N12O17. The van der Waals surface area contributed by atoms with E-state index in [0.29, 0.717) is 249 Å². The van der Waals surface area contributed by atoms with Crippen LogP contribution in [0.25, 0.3) is 0 Å². The van der Waals surface area contributed by atoms with Gasteiger partial charge in [0.1, 0.15) is 12.1 Å². The number of hydrogen-bond donors (Lipinski definition) is 12. The molecule has 0 aliphatic carbocycles. The molecule has 89 heavy (non-hydrogen) atoms. The van der Waals surface area contributed by atoms with Crippen molar-refractivity contribution >= 4 is 35.4 Å². The summed E-state index contributed by atoms with van der Waals surface area (Å²) in [6, 6.07) is -2.66. The van der Waals surface area contributed by atoms with Gasteiger partial charge in [-0.2, -0.15) is 0 Å². The number of carbonyl (C=O) groups is 6. The number of nitrogens with two attached hydrogens (primary N) is 5. The number of hydrogen-bond acceptors (Lipinski definition) is 23. The zero-order valence-electron chi connectivity index (χ0n) is 54.3. The van der Waals surface area contributed by atoms with Crippen molar-refractivity contribution in [3.63, 3.8) is 0 Å². The maximum absolute atomic E-state index is 12.9. The number of rotatable bonds is 70. The summed E-state index contributed by atoms with van der Waals surface area (Å²) in [4.78, 5) is 75.0. The molecule has 0 rings (SSSR count). The molecular weight excluding hydrogens is 1160 g/mol. The van der Waals surface area contributed by atoms with Crippen LogP contribution in [0.1, 0.15) is 122 Å². The van der Waals surface area contributed by atoms with Crippen LogP contribution in [0.3, 0.4) is 0 Å². The largest absolute Gasteiger partial charge is 0.379 e. The number of unbranched alkanes of at least 4 members (excludes halogenated alkanes) is 4. The molecule has 0 aromatic carbocycles. The van der Waals surface area contributed by atoms with Crippen molar-refractivity contribution in [1.82, 2.24) is 37.2 Å². The molecule has 0 bridgehead atoms. The fraction of sp³-hybridized carbons (Fsp3) is 0.900. The highest BCUT2D eigenvalue weighted by atomic mass is 16.6. The zero-order valence-corrected chi connectivity index (χ0v) is 54.3. The SMILES string of the molecule is CCNCCCCC(N)C(=O)NC(CCCCN)C(=O)NCCCOCCOCCOCCCNC(=O)CCOCCOCCOCCOCCOCCC(=O)NCCCOCCOCCOCCCNC(=O)C(CCCCN)NC(=O)C(N)CCCCN. The lowest BCUT2D eigenvalue weighted by molar-refractivity contribution is -0.129. The minimum Gasteiger partial charge on any atom is -0.379 e. The smallest absolute Gasteiger partial charge is 0.242 e. The lowest BCUT2D eigenvalue weighted by Crippen LogP contribution is -2.51. The van der Waals surface area contributed by atoms with Crippen molar-refractivity contribution in [2.45, 2.75) is 147 Å². The molecule has 0 heterocycles. The first-order valence-electron chi connectivity index (χ1n) is 32.9. The average Bonchev–Trinajstić information content (AvgIpc) is 3.65. The van der Waals surface area contributed by atoms with E-state index in [1.807, 2.05) is 6.92 Å². The van der Waals surface area contributed by atoms with Gasteiger partial charge in [0.15, 0.2) is 0 Å². The van der Waals surface area contributed by atoms with Crippen LogP contribution < -0.4 is 65.9 Å². The zero-order chi connectivity index (χ0) is 65.1. The average molecular weight is 1280 g/mol. The fourth-order valence-electron chi connectivity index (χ4n) is 8.04. The second kappa shape index (κ2) is 67.0. The van der Waals surface area contributed by atoms with Gasteiger partial charge in [-0.05, 0) is 123 Å². The number of ether oxygens (including phenoxy) is 11. The summed E-state index contributed by atoms with van der Waals surface area (Å²) in [5, 5.41) is 20.4. The van der Waals surface area contributed by atoms with Crippen LogP contribution in [0.5, 0.6) is 0 Å². The van der Waals surface area contributed by atoms with E-state index < -0.39 is 24.2 Å². The molecule has 0 aromatic rings. The van der Waals surface area contributed by atoms with Crippen molar-refractivity contribution in [3.05, 3.63) is 0 Å². The molecule has 0 saturated heterocycles. The Morgan fingerprint density at radius 2 is 0.573 bits per heavy atom. The van der Waals surface area contributed by atoms with Gasteiger partial charge in [0.25, 0.3) is 0 Å². The van der Waals surface area contributed by atoms with E-state index in [9.17, 15) is 28.8 Å². The minimum atomic E-state index is -0.683. The van der Waals surface area contributed by atoms with Crippen LogP contribution in [0.2, 0.25) is 0 Å². The number of amides is 6. The van der Waals surface area contributed by atoms with Crippen molar-refractivity contribution in [1.29, 1.82) is 0 Å².